The summed E-state index contributed by atoms with van der Waals surface area (Å²) in [6.07, 6.45) is 3.53. The molecule has 0 spiro atoms. The summed E-state index contributed by atoms with van der Waals surface area (Å²) in [6.45, 7) is 11.2. The Balaban J connectivity index is 2.32. The summed E-state index contributed by atoms with van der Waals surface area (Å²) >= 11 is 1.99. The molecular formula is C13H23NOS. The molecule has 92 valence electrons. The largest absolute Gasteiger partial charge is 0.472 e. The molecule has 0 aliphatic carbocycles. The van der Waals surface area contributed by atoms with Gasteiger partial charge in [-0.3, -0.25) is 0 Å². The van der Waals surface area contributed by atoms with E-state index in [-0.39, 0.29) is 0 Å². The fourth-order valence-corrected chi connectivity index (χ4v) is 2.31. The third-order valence-corrected chi connectivity index (χ3v) is 3.88. The lowest BCUT2D eigenvalue weighted by Crippen LogP contribution is -2.31. The lowest BCUT2D eigenvalue weighted by atomic mass is 10.1. The quantitative estimate of drug-likeness (QED) is 0.847. The minimum Gasteiger partial charge on any atom is -0.472 e. The molecule has 1 heterocycles. The van der Waals surface area contributed by atoms with Gasteiger partial charge in [-0.05, 0) is 19.9 Å². The van der Waals surface area contributed by atoms with Gasteiger partial charge < -0.3 is 9.73 Å². The van der Waals surface area contributed by atoms with Crippen molar-refractivity contribution in [1.29, 1.82) is 0 Å². The van der Waals surface area contributed by atoms with Crippen LogP contribution < -0.4 is 5.32 Å². The van der Waals surface area contributed by atoms with Gasteiger partial charge in [0.2, 0.25) is 0 Å². The highest BCUT2D eigenvalue weighted by Crippen LogP contribution is 2.24. The van der Waals surface area contributed by atoms with Crippen LogP contribution in [0, 0.1) is 0 Å². The van der Waals surface area contributed by atoms with Crippen LogP contribution in [-0.2, 0) is 0 Å². The molecule has 2 atom stereocenters. The van der Waals surface area contributed by atoms with Crippen LogP contribution in [0.1, 0.15) is 46.2 Å². The van der Waals surface area contributed by atoms with Crippen molar-refractivity contribution in [2.45, 2.75) is 51.4 Å². The van der Waals surface area contributed by atoms with Gasteiger partial charge in [0.05, 0.1) is 12.5 Å². The van der Waals surface area contributed by atoms with Crippen LogP contribution in [0.25, 0.3) is 0 Å². The molecule has 1 N–H and O–H groups in total. The fraction of sp³-hybridized carbons (Fsp3) is 0.692. The van der Waals surface area contributed by atoms with Crippen LogP contribution in [0.4, 0.5) is 0 Å². The predicted octanol–water partition coefficient (Wildman–Crippen LogP) is 3.85. The Hall–Kier alpha value is -0.410. The zero-order valence-electron chi connectivity index (χ0n) is 10.9. The first-order valence-electron chi connectivity index (χ1n) is 5.80. The molecule has 16 heavy (non-hydrogen) atoms. The molecule has 2 unspecified atom stereocenters. The summed E-state index contributed by atoms with van der Waals surface area (Å²) in [4.78, 5) is 0. The summed E-state index contributed by atoms with van der Waals surface area (Å²) in [5.74, 6) is 1.13. The smallest absolute Gasteiger partial charge is 0.0950 e. The molecule has 0 amide bonds. The summed E-state index contributed by atoms with van der Waals surface area (Å²) in [5, 5.41) is 3.57. The molecule has 0 radical (unpaired) electrons. The van der Waals surface area contributed by atoms with Crippen molar-refractivity contribution in [1.82, 2.24) is 5.32 Å². The van der Waals surface area contributed by atoms with Crippen LogP contribution >= 0.6 is 11.8 Å². The second kappa shape index (κ2) is 5.78. The Labute approximate surface area is 103 Å². The molecule has 2 nitrogen and oxygen atoms in total. The standard InChI is InChI=1S/C13H23NOS/c1-10(9-16-13(3,4)5)14-11(2)12-6-7-15-8-12/h6-8,10-11,14H,9H2,1-5H3. The maximum atomic E-state index is 5.09. The maximum Gasteiger partial charge on any atom is 0.0950 e. The van der Waals surface area contributed by atoms with E-state index < -0.39 is 0 Å². The van der Waals surface area contributed by atoms with Crippen LogP contribution in [0.2, 0.25) is 0 Å². The summed E-state index contributed by atoms with van der Waals surface area (Å²) < 4.78 is 5.43. The van der Waals surface area contributed by atoms with Crippen molar-refractivity contribution in [2.24, 2.45) is 0 Å². The highest BCUT2D eigenvalue weighted by molar-refractivity contribution is 8.00. The lowest BCUT2D eigenvalue weighted by Gasteiger charge is -2.23. The van der Waals surface area contributed by atoms with Crippen molar-refractivity contribution in [3.63, 3.8) is 0 Å². The Morgan fingerprint density at radius 2 is 2.06 bits per heavy atom. The zero-order chi connectivity index (χ0) is 12.2. The highest BCUT2D eigenvalue weighted by Gasteiger charge is 2.15. The van der Waals surface area contributed by atoms with Crippen molar-refractivity contribution in [2.75, 3.05) is 5.75 Å². The number of hydrogen-bond donors (Lipinski definition) is 1. The average Bonchev–Trinajstić information content (AvgIpc) is 2.66. The first-order chi connectivity index (χ1) is 7.38. The molecule has 3 heteroatoms. The molecule has 0 fully saturated rings. The normalized spacial score (nSPS) is 16.1. The Kier molecular flexibility index (Phi) is 4.93. The van der Waals surface area contributed by atoms with Gasteiger partial charge in [0, 0.05) is 28.1 Å². The third kappa shape index (κ3) is 5.08. The third-order valence-electron chi connectivity index (χ3n) is 2.34. The summed E-state index contributed by atoms with van der Waals surface area (Å²) in [7, 11) is 0. The van der Waals surface area contributed by atoms with Crippen molar-refractivity contribution >= 4 is 11.8 Å². The van der Waals surface area contributed by atoms with Crippen molar-refractivity contribution < 1.29 is 4.42 Å². The Morgan fingerprint density at radius 3 is 2.56 bits per heavy atom. The van der Waals surface area contributed by atoms with Crippen LogP contribution in [0.3, 0.4) is 0 Å². The second-order valence-corrected chi connectivity index (χ2v) is 7.12. The van der Waals surface area contributed by atoms with Gasteiger partial charge in [0.15, 0.2) is 0 Å². The van der Waals surface area contributed by atoms with Gasteiger partial charge >= 0.3 is 0 Å². The van der Waals surface area contributed by atoms with E-state index in [2.05, 4.69) is 39.9 Å². The second-order valence-electron chi connectivity index (χ2n) is 5.27. The number of hydrogen-bond acceptors (Lipinski definition) is 3. The fourth-order valence-electron chi connectivity index (χ4n) is 1.47. The Morgan fingerprint density at radius 1 is 1.38 bits per heavy atom. The molecule has 0 saturated heterocycles. The monoisotopic (exact) mass is 241 g/mol. The summed E-state index contributed by atoms with van der Waals surface area (Å²) in [6, 6.07) is 2.88. The first kappa shape index (κ1) is 13.7. The van der Waals surface area contributed by atoms with E-state index in [4.69, 9.17) is 4.42 Å². The van der Waals surface area contributed by atoms with Gasteiger partial charge in [0.1, 0.15) is 0 Å². The first-order valence-corrected chi connectivity index (χ1v) is 6.79. The molecule has 0 aliphatic rings. The minimum absolute atomic E-state index is 0.342. The van der Waals surface area contributed by atoms with E-state index >= 15 is 0 Å². The Bertz CT molecular complexity index is 289. The molecule has 0 aromatic carbocycles. The average molecular weight is 241 g/mol. The van der Waals surface area contributed by atoms with Crippen LogP contribution in [-0.4, -0.2) is 16.5 Å². The maximum absolute atomic E-state index is 5.09. The lowest BCUT2D eigenvalue weighted by molar-refractivity contribution is 0.499. The van der Waals surface area contributed by atoms with E-state index in [1.54, 1.807) is 12.5 Å². The molecule has 0 saturated carbocycles. The molecule has 1 aromatic rings. The highest BCUT2D eigenvalue weighted by atomic mass is 32.2. The van der Waals surface area contributed by atoms with E-state index in [9.17, 15) is 0 Å². The summed E-state index contributed by atoms with van der Waals surface area (Å²) in [5.41, 5.74) is 1.22. The van der Waals surface area contributed by atoms with Gasteiger partial charge in [-0.15, -0.1) is 0 Å². The molecule has 1 aromatic heterocycles. The topological polar surface area (TPSA) is 25.2 Å². The predicted molar refractivity (Wildman–Crippen MR) is 71.9 cm³/mol. The van der Waals surface area contributed by atoms with Gasteiger partial charge in [-0.25, -0.2) is 0 Å². The van der Waals surface area contributed by atoms with Crippen LogP contribution in [0.5, 0.6) is 0 Å². The van der Waals surface area contributed by atoms with E-state index in [1.165, 1.54) is 5.56 Å². The van der Waals surface area contributed by atoms with E-state index in [1.807, 2.05) is 17.8 Å². The van der Waals surface area contributed by atoms with E-state index in [0.29, 0.717) is 16.8 Å². The molecular weight excluding hydrogens is 218 g/mol. The van der Waals surface area contributed by atoms with Gasteiger partial charge in [-0.1, -0.05) is 20.8 Å². The molecule has 0 bridgehead atoms. The number of thioether (sulfide) groups is 1. The van der Waals surface area contributed by atoms with E-state index in [0.717, 1.165) is 5.75 Å². The zero-order valence-corrected chi connectivity index (χ0v) is 11.7. The van der Waals surface area contributed by atoms with Crippen molar-refractivity contribution in [3.05, 3.63) is 24.2 Å². The van der Waals surface area contributed by atoms with Crippen LogP contribution in [0.15, 0.2) is 23.0 Å². The molecule has 0 aliphatic heterocycles. The molecule has 1 rings (SSSR count). The number of nitrogens with one attached hydrogen (secondary N) is 1. The minimum atomic E-state index is 0.342. The SMILES string of the molecule is CC(CSC(C)(C)C)NC(C)c1ccoc1. The van der Waals surface area contributed by atoms with Crippen molar-refractivity contribution in [3.8, 4) is 0 Å². The van der Waals surface area contributed by atoms with Gasteiger partial charge in [0.25, 0.3) is 0 Å². The van der Waals surface area contributed by atoms with Gasteiger partial charge in [-0.2, -0.15) is 11.8 Å². The number of rotatable bonds is 5. The number of furan rings is 1.